The number of H-pyrrole nitrogens is 1. The molecule has 2 aromatic rings. The van der Waals surface area contributed by atoms with Gasteiger partial charge in [-0.05, 0) is 18.2 Å². The van der Waals surface area contributed by atoms with Crippen molar-refractivity contribution in [3.63, 3.8) is 0 Å². The molecule has 0 aliphatic carbocycles. The zero-order valence-corrected chi connectivity index (χ0v) is 11.9. The molecule has 22 heavy (non-hydrogen) atoms. The fraction of sp³-hybridized carbons (Fsp3) is 0. The van der Waals surface area contributed by atoms with Crippen LogP contribution in [0.25, 0.3) is 5.76 Å². The molecule has 0 radical (unpaired) electrons. The number of ketones is 1. The van der Waals surface area contributed by atoms with Crippen LogP contribution in [0.5, 0.6) is 0 Å². The number of hydrogen-bond acceptors (Lipinski definition) is 5. The molecule has 1 aromatic heterocycles. The highest BCUT2D eigenvalue weighted by Gasteiger charge is 2.20. The van der Waals surface area contributed by atoms with Gasteiger partial charge in [-0.15, -0.1) is 0 Å². The van der Waals surface area contributed by atoms with Gasteiger partial charge < -0.3 is 15.2 Å². The van der Waals surface area contributed by atoms with Gasteiger partial charge in [0.05, 0.1) is 15.5 Å². The number of aromatic amines is 1. The van der Waals surface area contributed by atoms with Crippen molar-refractivity contribution in [1.29, 1.82) is 0 Å². The lowest BCUT2D eigenvalue weighted by Crippen LogP contribution is -2.09. The topological polar surface area (TPSA) is 125 Å². The molecular formula is C14H11NO6S. The average Bonchev–Trinajstić information content (AvgIpc) is 2.98. The van der Waals surface area contributed by atoms with Crippen LogP contribution in [0, 0.1) is 0 Å². The first-order valence-corrected chi connectivity index (χ1v) is 7.47. The van der Waals surface area contributed by atoms with Crippen LogP contribution in [0.1, 0.15) is 5.69 Å². The Balaban J connectivity index is 2.37. The number of carboxylic acids is 1. The van der Waals surface area contributed by atoms with Crippen LogP contribution < -0.4 is 0 Å². The second-order valence-corrected chi connectivity index (χ2v) is 6.21. The molecule has 7 nitrogen and oxygen atoms in total. The molecule has 0 spiro atoms. The molecule has 0 atom stereocenters. The number of aromatic nitrogens is 1. The maximum atomic E-state index is 12.3. The van der Waals surface area contributed by atoms with E-state index in [9.17, 15) is 23.1 Å². The lowest BCUT2D eigenvalue weighted by molar-refractivity contribution is -0.146. The second kappa shape index (κ2) is 5.86. The number of hydrogen-bond donors (Lipinski definition) is 3. The minimum atomic E-state index is -3.77. The fourth-order valence-electron chi connectivity index (χ4n) is 1.68. The monoisotopic (exact) mass is 321 g/mol. The average molecular weight is 321 g/mol. The number of benzene rings is 1. The van der Waals surface area contributed by atoms with Gasteiger partial charge in [-0.1, -0.05) is 18.2 Å². The molecule has 0 bridgehead atoms. The SMILES string of the molecule is O=C(O)C(=O)C=C(O)c1cc(S(=O)(=O)c2ccccc2)c[nH]1. The van der Waals surface area contributed by atoms with Crippen molar-refractivity contribution in [2.75, 3.05) is 0 Å². The van der Waals surface area contributed by atoms with Gasteiger partial charge in [0.15, 0.2) is 0 Å². The van der Waals surface area contributed by atoms with Gasteiger partial charge in [-0.3, -0.25) is 4.79 Å². The van der Waals surface area contributed by atoms with Crippen molar-refractivity contribution in [2.45, 2.75) is 9.79 Å². The van der Waals surface area contributed by atoms with Crippen molar-refractivity contribution in [3.8, 4) is 0 Å². The number of carboxylic acid groups (broad SMARTS) is 1. The maximum Gasteiger partial charge on any atom is 0.376 e. The second-order valence-electron chi connectivity index (χ2n) is 4.26. The normalized spacial score (nSPS) is 12.1. The number of rotatable bonds is 5. The Kier molecular flexibility index (Phi) is 4.13. The number of sulfone groups is 1. The summed E-state index contributed by atoms with van der Waals surface area (Å²) in [6, 6.07) is 8.78. The highest BCUT2D eigenvalue weighted by atomic mass is 32.2. The van der Waals surface area contributed by atoms with Gasteiger partial charge in [0.2, 0.25) is 9.84 Å². The third kappa shape index (κ3) is 3.07. The van der Waals surface area contributed by atoms with Gasteiger partial charge in [0.1, 0.15) is 5.76 Å². The summed E-state index contributed by atoms with van der Waals surface area (Å²) in [4.78, 5) is 23.8. The Morgan fingerprint density at radius 1 is 1.05 bits per heavy atom. The van der Waals surface area contributed by atoms with E-state index in [0.717, 1.165) is 12.3 Å². The van der Waals surface area contributed by atoms with Gasteiger partial charge >= 0.3 is 5.97 Å². The van der Waals surface area contributed by atoms with Crippen LogP contribution in [0.15, 0.2) is 58.5 Å². The highest BCUT2D eigenvalue weighted by molar-refractivity contribution is 7.91. The van der Waals surface area contributed by atoms with Crippen LogP contribution in [-0.2, 0) is 19.4 Å². The summed E-state index contributed by atoms with van der Waals surface area (Å²) in [7, 11) is -3.77. The number of aliphatic carboxylic acids is 1. The summed E-state index contributed by atoms with van der Waals surface area (Å²) in [5.41, 5.74) is -0.0795. The van der Waals surface area contributed by atoms with E-state index in [4.69, 9.17) is 5.11 Å². The Labute approximate surface area is 125 Å². The molecule has 8 heteroatoms. The van der Waals surface area contributed by atoms with Gasteiger partial charge in [0, 0.05) is 12.3 Å². The molecule has 1 aromatic carbocycles. The third-order valence-corrected chi connectivity index (χ3v) is 4.52. The molecule has 0 saturated carbocycles. The molecule has 0 unspecified atom stereocenters. The van der Waals surface area contributed by atoms with Crippen LogP contribution in [-0.4, -0.2) is 35.4 Å². The van der Waals surface area contributed by atoms with E-state index in [1.54, 1.807) is 18.2 Å². The van der Waals surface area contributed by atoms with Crippen LogP contribution in [0.4, 0.5) is 0 Å². The third-order valence-electron chi connectivity index (χ3n) is 2.77. The zero-order chi connectivity index (χ0) is 16.3. The Morgan fingerprint density at radius 2 is 1.68 bits per heavy atom. The minimum Gasteiger partial charge on any atom is -0.506 e. The molecule has 1 heterocycles. The first-order valence-electron chi connectivity index (χ1n) is 5.99. The predicted molar refractivity (Wildman–Crippen MR) is 75.9 cm³/mol. The maximum absolute atomic E-state index is 12.3. The standard InChI is InChI=1S/C14H11NO6S/c16-12(7-13(17)14(18)19)11-6-10(8-15-11)22(20,21)9-4-2-1-3-5-9/h1-8,15-16H,(H,18,19). The summed E-state index contributed by atoms with van der Waals surface area (Å²) < 4.78 is 24.6. The van der Waals surface area contributed by atoms with E-state index in [1.807, 2.05) is 0 Å². The number of carbonyl (C=O) groups is 2. The van der Waals surface area contributed by atoms with Crippen LogP contribution in [0.2, 0.25) is 0 Å². The van der Waals surface area contributed by atoms with Gasteiger partial charge in [-0.25, -0.2) is 13.2 Å². The number of carbonyl (C=O) groups excluding carboxylic acids is 1. The molecule has 3 N–H and O–H groups in total. The summed E-state index contributed by atoms with van der Waals surface area (Å²) in [6.07, 6.45) is 1.64. The van der Waals surface area contributed by atoms with Crippen molar-refractivity contribution in [1.82, 2.24) is 4.98 Å². The smallest absolute Gasteiger partial charge is 0.376 e. The Morgan fingerprint density at radius 3 is 2.27 bits per heavy atom. The lowest BCUT2D eigenvalue weighted by atomic mass is 10.3. The Hall–Kier alpha value is -2.87. The molecular weight excluding hydrogens is 310 g/mol. The summed E-state index contributed by atoms with van der Waals surface area (Å²) in [5.74, 6) is -3.71. The number of aliphatic hydroxyl groups is 1. The lowest BCUT2D eigenvalue weighted by Gasteiger charge is -2.00. The molecule has 0 aliphatic heterocycles. The fourth-order valence-corrected chi connectivity index (χ4v) is 2.95. The largest absolute Gasteiger partial charge is 0.506 e. The molecule has 2 rings (SSSR count). The molecule has 0 amide bonds. The van der Waals surface area contributed by atoms with Gasteiger partial charge in [-0.2, -0.15) is 0 Å². The number of nitrogens with one attached hydrogen (secondary N) is 1. The zero-order valence-electron chi connectivity index (χ0n) is 11.1. The van der Waals surface area contributed by atoms with Gasteiger partial charge in [0.25, 0.3) is 5.78 Å². The summed E-state index contributed by atoms with van der Waals surface area (Å²) >= 11 is 0. The van der Waals surface area contributed by atoms with Crippen LogP contribution >= 0.6 is 0 Å². The van der Waals surface area contributed by atoms with E-state index >= 15 is 0 Å². The van der Waals surface area contributed by atoms with E-state index in [-0.39, 0.29) is 15.5 Å². The quantitative estimate of drug-likeness (QED) is 0.434. The van der Waals surface area contributed by atoms with E-state index in [0.29, 0.717) is 6.08 Å². The number of aliphatic hydroxyl groups excluding tert-OH is 1. The minimum absolute atomic E-state index is 0.0747. The van der Waals surface area contributed by atoms with Crippen molar-refractivity contribution >= 4 is 27.3 Å². The summed E-state index contributed by atoms with van der Waals surface area (Å²) in [6.45, 7) is 0. The van der Waals surface area contributed by atoms with E-state index in [2.05, 4.69) is 4.98 Å². The van der Waals surface area contributed by atoms with Crippen molar-refractivity contribution < 1.29 is 28.2 Å². The van der Waals surface area contributed by atoms with E-state index in [1.165, 1.54) is 12.1 Å². The van der Waals surface area contributed by atoms with Crippen molar-refractivity contribution in [2.24, 2.45) is 0 Å². The Bertz CT molecular complexity index is 848. The van der Waals surface area contributed by atoms with Crippen molar-refractivity contribution in [3.05, 3.63) is 54.4 Å². The summed E-state index contributed by atoms with van der Waals surface area (Å²) in [5, 5.41) is 18.1. The predicted octanol–water partition coefficient (Wildman–Crippen LogP) is 1.40. The molecule has 114 valence electrons. The highest BCUT2D eigenvalue weighted by Crippen LogP contribution is 2.23. The molecule has 0 aliphatic rings. The first kappa shape index (κ1) is 15.5. The van der Waals surface area contributed by atoms with E-state index < -0.39 is 27.3 Å². The molecule has 0 fully saturated rings. The van der Waals surface area contributed by atoms with Crippen LogP contribution in [0.3, 0.4) is 0 Å². The first-order chi connectivity index (χ1) is 10.3. The molecule has 0 saturated heterocycles.